The highest BCUT2D eigenvalue weighted by molar-refractivity contribution is 14.1. The fraction of sp³-hybridized carbons (Fsp3) is 0.438. The zero-order valence-electron chi connectivity index (χ0n) is 13.5. The molecular weight excluding hydrogens is 411 g/mol. The van der Waals surface area contributed by atoms with Crippen molar-refractivity contribution in [1.29, 1.82) is 0 Å². The summed E-state index contributed by atoms with van der Waals surface area (Å²) in [5.41, 5.74) is 1.30. The lowest BCUT2D eigenvalue weighted by Gasteiger charge is -2.35. The van der Waals surface area contributed by atoms with E-state index in [9.17, 15) is 4.79 Å². The smallest absolute Gasteiger partial charge is 0.340 e. The van der Waals surface area contributed by atoms with Crippen molar-refractivity contribution in [3.63, 3.8) is 0 Å². The van der Waals surface area contributed by atoms with Gasteiger partial charge in [0.15, 0.2) is 15.1 Å². The van der Waals surface area contributed by atoms with Gasteiger partial charge in [0.25, 0.3) is 0 Å². The van der Waals surface area contributed by atoms with Crippen LogP contribution in [-0.2, 0) is 9.16 Å². The third kappa shape index (κ3) is 3.72. The summed E-state index contributed by atoms with van der Waals surface area (Å²) in [5, 5.41) is 0.981. The Labute approximate surface area is 145 Å². The van der Waals surface area contributed by atoms with Crippen LogP contribution in [0.2, 0.25) is 18.1 Å². The predicted molar refractivity (Wildman–Crippen MR) is 97.5 cm³/mol. The van der Waals surface area contributed by atoms with E-state index < -0.39 is 8.32 Å². The average Bonchev–Trinajstić information content (AvgIpc) is 2.85. The van der Waals surface area contributed by atoms with Crippen LogP contribution < -0.4 is 0 Å². The van der Waals surface area contributed by atoms with Crippen molar-refractivity contribution in [3.05, 3.63) is 33.6 Å². The van der Waals surface area contributed by atoms with Gasteiger partial charge in [-0.3, -0.25) is 0 Å². The number of ether oxygens (including phenoxy) is 1. The van der Waals surface area contributed by atoms with E-state index in [0.717, 1.165) is 14.5 Å². The number of fused-ring (bicyclic) bond motifs is 1. The standard InChI is InChI=1S/C16H21IO4Si/c1-16(2,3)22(4,5)21-10-20-15(18)12-8-11-6-7-19-14(11)13(17)9-12/h6-9H,10H2,1-5H3. The first-order chi connectivity index (χ1) is 10.1. The molecule has 1 heterocycles. The van der Waals surface area contributed by atoms with Gasteiger partial charge in [-0.2, -0.15) is 0 Å². The second-order valence-electron chi connectivity index (χ2n) is 6.75. The molecule has 0 atom stereocenters. The van der Waals surface area contributed by atoms with Crippen LogP contribution in [-0.4, -0.2) is 21.1 Å². The van der Waals surface area contributed by atoms with Crippen molar-refractivity contribution in [2.45, 2.75) is 38.9 Å². The molecule has 0 aliphatic carbocycles. The van der Waals surface area contributed by atoms with Gasteiger partial charge in [-0.25, -0.2) is 4.79 Å². The molecule has 1 aromatic heterocycles. The molecule has 0 radical (unpaired) electrons. The fourth-order valence-electron chi connectivity index (χ4n) is 1.69. The monoisotopic (exact) mass is 432 g/mol. The van der Waals surface area contributed by atoms with E-state index in [0.29, 0.717) is 5.56 Å². The number of esters is 1. The van der Waals surface area contributed by atoms with Crippen LogP contribution in [0.5, 0.6) is 0 Å². The average molecular weight is 432 g/mol. The SMILES string of the molecule is CC(C)(C)[Si](C)(C)OCOC(=O)c1cc(I)c2occc2c1. The minimum absolute atomic E-state index is 0.00463. The Balaban J connectivity index is 2.03. The van der Waals surface area contributed by atoms with E-state index >= 15 is 0 Å². The van der Waals surface area contributed by atoms with Crippen molar-refractivity contribution in [2.24, 2.45) is 0 Å². The number of furan rings is 1. The Morgan fingerprint density at radius 2 is 2.00 bits per heavy atom. The number of hydrogen-bond acceptors (Lipinski definition) is 4. The maximum Gasteiger partial charge on any atom is 0.340 e. The van der Waals surface area contributed by atoms with Crippen LogP contribution in [0, 0.1) is 3.57 Å². The number of carbonyl (C=O) groups excluding carboxylic acids is 1. The Morgan fingerprint density at radius 3 is 2.64 bits per heavy atom. The highest BCUT2D eigenvalue weighted by atomic mass is 127. The summed E-state index contributed by atoms with van der Waals surface area (Å²) in [6, 6.07) is 5.37. The van der Waals surface area contributed by atoms with Gasteiger partial charge in [0, 0.05) is 5.39 Å². The van der Waals surface area contributed by atoms with E-state index in [1.54, 1.807) is 18.4 Å². The summed E-state index contributed by atoms with van der Waals surface area (Å²) in [4.78, 5) is 12.2. The predicted octanol–water partition coefficient (Wildman–Crippen LogP) is 5.17. The van der Waals surface area contributed by atoms with Gasteiger partial charge >= 0.3 is 5.97 Å². The molecule has 120 valence electrons. The number of hydrogen-bond donors (Lipinski definition) is 0. The van der Waals surface area contributed by atoms with Crippen molar-refractivity contribution in [2.75, 3.05) is 6.79 Å². The summed E-state index contributed by atoms with van der Waals surface area (Å²) < 4.78 is 17.4. The largest absolute Gasteiger partial charge is 0.463 e. The van der Waals surface area contributed by atoms with Crippen LogP contribution in [0.25, 0.3) is 11.0 Å². The normalized spacial score (nSPS) is 12.6. The highest BCUT2D eigenvalue weighted by Crippen LogP contribution is 2.36. The van der Waals surface area contributed by atoms with Crippen LogP contribution in [0.15, 0.2) is 28.9 Å². The van der Waals surface area contributed by atoms with Gasteiger partial charge in [-0.05, 0) is 58.9 Å². The lowest BCUT2D eigenvalue weighted by atomic mass is 10.2. The topological polar surface area (TPSA) is 48.7 Å². The van der Waals surface area contributed by atoms with E-state index in [4.69, 9.17) is 13.6 Å². The van der Waals surface area contributed by atoms with Crippen LogP contribution in [0.1, 0.15) is 31.1 Å². The van der Waals surface area contributed by atoms with Gasteiger partial charge in [0.05, 0.1) is 15.4 Å². The van der Waals surface area contributed by atoms with E-state index in [-0.39, 0.29) is 17.8 Å². The zero-order chi connectivity index (χ0) is 16.5. The fourth-order valence-corrected chi connectivity index (χ4v) is 3.25. The quantitative estimate of drug-likeness (QED) is 0.289. The molecule has 0 unspecified atom stereocenters. The lowest BCUT2D eigenvalue weighted by molar-refractivity contribution is 0.0111. The van der Waals surface area contributed by atoms with Crippen LogP contribution >= 0.6 is 22.6 Å². The summed E-state index contributed by atoms with van der Waals surface area (Å²) in [5.74, 6) is -0.375. The van der Waals surface area contributed by atoms with E-state index in [2.05, 4.69) is 56.5 Å². The molecule has 0 aliphatic rings. The van der Waals surface area contributed by atoms with Crippen LogP contribution in [0.3, 0.4) is 0 Å². The molecule has 0 fully saturated rings. The first-order valence-corrected chi connectivity index (χ1v) is 11.1. The molecule has 0 saturated heterocycles. The first-order valence-electron chi connectivity index (χ1n) is 7.10. The van der Waals surface area contributed by atoms with Gasteiger partial charge < -0.3 is 13.6 Å². The Kier molecular flexibility index (Phi) is 5.03. The molecule has 1 aromatic carbocycles. The molecule has 0 spiro atoms. The van der Waals surface area contributed by atoms with Crippen molar-refractivity contribution in [3.8, 4) is 0 Å². The minimum atomic E-state index is -1.91. The summed E-state index contributed by atoms with van der Waals surface area (Å²) >= 11 is 2.15. The molecule has 0 saturated carbocycles. The van der Waals surface area contributed by atoms with Crippen molar-refractivity contribution in [1.82, 2.24) is 0 Å². The third-order valence-corrected chi connectivity index (χ3v) is 9.41. The van der Waals surface area contributed by atoms with Crippen LogP contribution in [0.4, 0.5) is 0 Å². The molecular formula is C16H21IO4Si. The molecule has 0 N–H and O–H groups in total. The Morgan fingerprint density at radius 1 is 1.32 bits per heavy atom. The Bertz CT molecular complexity index is 685. The van der Waals surface area contributed by atoms with E-state index in [1.807, 2.05) is 6.07 Å². The molecule has 0 aliphatic heterocycles. The minimum Gasteiger partial charge on any atom is -0.463 e. The molecule has 4 nitrogen and oxygen atoms in total. The summed E-state index contributed by atoms with van der Waals surface area (Å²) in [6.45, 7) is 10.7. The summed E-state index contributed by atoms with van der Waals surface area (Å²) in [6.07, 6.45) is 1.61. The van der Waals surface area contributed by atoms with Gasteiger partial charge in [-0.15, -0.1) is 0 Å². The van der Waals surface area contributed by atoms with Gasteiger partial charge in [0.1, 0.15) is 5.58 Å². The van der Waals surface area contributed by atoms with E-state index in [1.165, 1.54) is 0 Å². The van der Waals surface area contributed by atoms with Gasteiger partial charge in [-0.1, -0.05) is 20.8 Å². The second-order valence-corrected chi connectivity index (χ2v) is 12.7. The Hall–Kier alpha value is -0.863. The number of carbonyl (C=O) groups is 1. The molecule has 0 bridgehead atoms. The van der Waals surface area contributed by atoms with Crippen molar-refractivity contribution >= 4 is 47.8 Å². The number of halogens is 1. The molecule has 2 rings (SSSR count). The molecule has 6 heteroatoms. The molecule has 0 amide bonds. The van der Waals surface area contributed by atoms with Crippen molar-refractivity contribution < 1.29 is 18.4 Å². The maximum atomic E-state index is 12.2. The summed E-state index contributed by atoms with van der Waals surface area (Å²) in [7, 11) is -1.91. The maximum absolute atomic E-state index is 12.2. The number of benzene rings is 1. The second kappa shape index (κ2) is 6.33. The lowest BCUT2D eigenvalue weighted by Crippen LogP contribution is -2.41. The zero-order valence-corrected chi connectivity index (χ0v) is 16.7. The number of rotatable bonds is 4. The van der Waals surface area contributed by atoms with Gasteiger partial charge in [0.2, 0.25) is 0 Å². The third-order valence-electron chi connectivity index (χ3n) is 4.16. The highest BCUT2D eigenvalue weighted by Gasteiger charge is 2.37. The molecule has 22 heavy (non-hydrogen) atoms. The molecule has 2 aromatic rings. The first kappa shape index (κ1) is 17.5.